The van der Waals surface area contributed by atoms with Crippen LogP contribution < -0.4 is 10.0 Å². The Labute approximate surface area is 157 Å². The lowest BCUT2D eigenvalue weighted by atomic mass is 10.2. The van der Waals surface area contributed by atoms with Gasteiger partial charge in [-0.15, -0.1) is 11.3 Å². The van der Waals surface area contributed by atoms with Crippen molar-refractivity contribution >= 4 is 54.6 Å². The fraction of sp³-hybridized carbons (Fsp3) is 0. The third-order valence-electron chi connectivity index (χ3n) is 3.28. The van der Waals surface area contributed by atoms with Gasteiger partial charge in [0.2, 0.25) is 0 Å². The lowest BCUT2D eigenvalue weighted by Crippen LogP contribution is -2.13. The van der Waals surface area contributed by atoms with Crippen molar-refractivity contribution in [2.45, 2.75) is 4.21 Å². The molecule has 5 nitrogen and oxygen atoms in total. The first-order chi connectivity index (χ1) is 12.0. The first kappa shape index (κ1) is 17.7. The van der Waals surface area contributed by atoms with E-state index in [9.17, 15) is 13.2 Å². The number of para-hydroxylation sites is 1. The van der Waals surface area contributed by atoms with E-state index in [2.05, 4.69) is 26.0 Å². The predicted molar refractivity (Wildman–Crippen MR) is 104 cm³/mol. The second kappa shape index (κ2) is 7.38. The number of carbonyl (C=O) groups excluding carboxylic acids is 1. The summed E-state index contributed by atoms with van der Waals surface area (Å²) in [5, 5.41) is 4.49. The van der Waals surface area contributed by atoms with Crippen molar-refractivity contribution in [3.8, 4) is 0 Å². The second-order valence-corrected chi connectivity index (χ2v) is 8.76. The Bertz CT molecular complexity index is 985. The van der Waals surface area contributed by atoms with E-state index in [-0.39, 0.29) is 10.1 Å². The van der Waals surface area contributed by atoms with E-state index in [1.807, 2.05) is 18.2 Å². The highest BCUT2D eigenvalue weighted by atomic mass is 79.9. The monoisotopic (exact) mass is 436 g/mol. The fourth-order valence-corrected chi connectivity index (χ4v) is 4.50. The summed E-state index contributed by atoms with van der Waals surface area (Å²) >= 11 is 4.51. The number of benzene rings is 2. The molecule has 0 spiro atoms. The number of sulfonamides is 1. The molecule has 3 aromatic rings. The average molecular weight is 437 g/mol. The van der Waals surface area contributed by atoms with Gasteiger partial charge in [-0.1, -0.05) is 18.2 Å². The lowest BCUT2D eigenvalue weighted by Gasteiger charge is -2.09. The Morgan fingerprint density at radius 3 is 2.32 bits per heavy atom. The minimum atomic E-state index is -3.60. The van der Waals surface area contributed by atoms with Crippen LogP contribution in [0.15, 0.2) is 74.7 Å². The van der Waals surface area contributed by atoms with E-state index in [1.165, 1.54) is 6.07 Å². The zero-order valence-electron chi connectivity index (χ0n) is 12.8. The quantitative estimate of drug-likeness (QED) is 0.615. The molecule has 0 radical (unpaired) electrons. The molecular weight excluding hydrogens is 424 g/mol. The average Bonchev–Trinajstić information content (AvgIpc) is 3.13. The van der Waals surface area contributed by atoms with Crippen molar-refractivity contribution in [1.82, 2.24) is 0 Å². The second-order valence-electron chi connectivity index (χ2n) is 5.05. The molecule has 0 unspecified atom stereocenters. The van der Waals surface area contributed by atoms with Crippen molar-refractivity contribution in [2.24, 2.45) is 0 Å². The molecule has 0 aliphatic carbocycles. The number of amides is 1. The van der Waals surface area contributed by atoms with E-state index in [0.717, 1.165) is 15.8 Å². The molecule has 2 aromatic carbocycles. The number of hydrogen-bond acceptors (Lipinski definition) is 4. The molecule has 1 heterocycles. The molecule has 1 aromatic heterocycles. The molecule has 0 aliphatic heterocycles. The van der Waals surface area contributed by atoms with Crippen molar-refractivity contribution in [3.63, 3.8) is 0 Å². The van der Waals surface area contributed by atoms with Gasteiger partial charge >= 0.3 is 0 Å². The Hall–Kier alpha value is -2.16. The van der Waals surface area contributed by atoms with Crippen molar-refractivity contribution in [2.75, 3.05) is 10.0 Å². The normalized spacial score (nSPS) is 11.1. The van der Waals surface area contributed by atoms with Gasteiger partial charge in [0, 0.05) is 15.7 Å². The molecule has 25 heavy (non-hydrogen) atoms. The maximum atomic E-state index is 12.3. The Kier molecular flexibility index (Phi) is 5.22. The van der Waals surface area contributed by atoms with Crippen LogP contribution in [0.1, 0.15) is 10.4 Å². The van der Waals surface area contributed by atoms with Gasteiger partial charge in [-0.2, -0.15) is 0 Å². The Morgan fingerprint density at radius 1 is 0.960 bits per heavy atom. The largest absolute Gasteiger partial charge is 0.321 e. The van der Waals surface area contributed by atoms with Gasteiger partial charge < -0.3 is 5.32 Å². The Morgan fingerprint density at radius 2 is 1.68 bits per heavy atom. The molecule has 0 saturated carbocycles. The van der Waals surface area contributed by atoms with Gasteiger partial charge in [-0.05, 0) is 63.8 Å². The summed E-state index contributed by atoms with van der Waals surface area (Å²) in [4.78, 5) is 12.3. The molecule has 2 N–H and O–H groups in total. The molecule has 0 bridgehead atoms. The summed E-state index contributed by atoms with van der Waals surface area (Å²) in [6, 6.07) is 16.7. The van der Waals surface area contributed by atoms with Crippen LogP contribution in [0.25, 0.3) is 0 Å². The number of thiophene rings is 1. The first-order valence-electron chi connectivity index (χ1n) is 7.18. The predicted octanol–water partition coefficient (Wildman–Crippen LogP) is 4.56. The van der Waals surface area contributed by atoms with Gasteiger partial charge in [-0.3, -0.25) is 9.52 Å². The molecule has 0 saturated heterocycles. The lowest BCUT2D eigenvalue weighted by molar-refractivity contribution is 0.102. The van der Waals surface area contributed by atoms with Gasteiger partial charge in [0.1, 0.15) is 4.21 Å². The van der Waals surface area contributed by atoms with E-state index in [0.29, 0.717) is 16.9 Å². The third kappa shape index (κ3) is 4.28. The number of rotatable bonds is 5. The van der Waals surface area contributed by atoms with Crippen LogP contribution in [-0.2, 0) is 10.0 Å². The highest BCUT2D eigenvalue weighted by molar-refractivity contribution is 9.10. The topological polar surface area (TPSA) is 75.3 Å². The fourth-order valence-electron chi connectivity index (χ4n) is 2.07. The van der Waals surface area contributed by atoms with Crippen molar-refractivity contribution in [3.05, 3.63) is 76.1 Å². The third-order valence-corrected chi connectivity index (χ3v) is 6.75. The van der Waals surface area contributed by atoms with E-state index in [1.54, 1.807) is 41.8 Å². The maximum Gasteiger partial charge on any atom is 0.271 e. The number of hydrogen-bond donors (Lipinski definition) is 2. The molecular formula is C17H13BrN2O3S2. The van der Waals surface area contributed by atoms with E-state index in [4.69, 9.17) is 0 Å². The standard InChI is InChI=1S/C17H13BrN2O3S2/c18-14-4-1-2-5-15(14)19-17(21)12-7-9-13(10-8-12)20-25(22,23)16-6-3-11-24-16/h1-11,20H,(H,19,21). The van der Waals surface area contributed by atoms with Crippen LogP contribution in [0.2, 0.25) is 0 Å². The number of anilines is 2. The zero-order valence-corrected chi connectivity index (χ0v) is 16.0. The molecule has 3 rings (SSSR count). The van der Waals surface area contributed by atoms with Crippen LogP contribution in [0, 0.1) is 0 Å². The highest BCUT2D eigenvalue weighted by Crippen LogP contribution is 2.23. The van der Waals surface area contributed by atoms with Crippen LogP contribution in [0.4, 0.5) is 11.4 Å². The number of nitrogens with one attached hydrogen (secondary N) is 2. The molecule has 0 aliphatic rings. The smallest absolute Gasteiger partial charge is 0.271 e. The van der Waals surface area contributed by atoms with Crippen LogP contribution >= 0.6 is 27.3 Å². The van der Waals surface area contributed by atoms with Crippen LogP contribution in [0.3, 0.4) is 0 Å². The van der Waals surface area contributed by atoms with Crippen molar-refractivity contribution < 1.29 is 13.2 Å². The summed E-state index contributed by atoms with van der Waals surface area (Å²) in [7, 11) is -3.60. The van der Waals surface area contributed by atoms with Crippen LogP contribution in [0.5, 0.6) is 0 Å². The summed E-state index contributed by atoms with van der Waals surface area (Å²) in [6.07, 6.45) is 0. The number of halogens is 1. The minimum Gasteiger partial charge on any atom is -0.321 e. The molecule has 0 fully saturated rings. The zero-order chi connectivity index (χ0) is 17.9. The van der Waals surface area contributed by atoms with E-state index >= 15 is 0 Å². The first-order valence-corrected chi connectivity index (χ1v) is 10.3. The molecule has 8 heteroatoms. The summed E-state index contributed by atoms with van der Waals surface area (Å²) in [6.45, 7) is 0. The summed E-state index contributed by atoms with van der Waals surface area (Å²) in [5.74, 6) is -0.278. The SMILES string of the molecule is O=C(Nc1ccccc1Br)c1ccc(NS(=O)(=O)c2cccs2)cc1. The minimum absolute atomic E-state index is 0.239. The molecule has 0 atom stereocenters. The van der Waals surface area contributed by atoms with Gasteiger partial charge in [0.25, 0.3) is 15.9 Å². The molecule has 1 amide bonds. The summed E-state index contributed by atoms with van der Waals surface area (Å²) in [5.41, 5.74) is 1.48. The van der Waals surface area contributed by atoms with E-state index < -0.39 is 10.0 Å². The maximum absolute atomic E-state index is 12.3. The molecule has 128 valence electrons. The highest BCUT2D eigenvalue weighted by Gasteiger charge is 2.15. The van der Waals surface area contributed by atoms with Gasteiger partial charge in [0.05, 0.1) is 5.69 Å². The van der Waals surface area contributed by atoms with Gasteiger partial charge in [0.15, 0.2) is 0 Å². The van der Waals surface area contributed by atoms with Crippen LogP contribution in [-0.4, -0.2) is 14.3 Å². The Balaban J connectivity index is 1.72. The number of carbonyl (C=O) groups is 1. The van der Waals surface area contributed by atoms with Gasteiger partial charge in [-0.25, -0.2) is 8.42 Å². The summed E-state index contributed by atoms with van der Waals surface area (Å²) < 4.78 is 27.9. The van der Waals surface area contributed by atoms with Crippen molar-refractivity contribution in [1.29, 1.82) is 0 Å².